The monoisotopic (exact) mass is 319 g/mol. The van der Waals surface area contributed by atoms with Gasteiger partial charge in [0.15, 0.2) is 9.03 Å². The highest BCUT2D eigenvalue weighted by molar-refractivity contribution is 7.80. The number of unbranched alkanes of at least 4 members (excludes halogenated alkanes) is 1. The van der Waals surface area contributed by atoms with Gasteiger partial charge in [0, 0.05) is 25.5 Å². The van der Waals surface area contributed by atoms with Crippen LogP contribution in [0.25, 0.3) is 0 Å². The van der Waals surface area contributed by atoms with Gasteiger partial charge in [0.1, 0.15) is 0 Å². The van der Waals surface area contributed by atoms with Crippen LogP contribution in [-0.2, 0) is 10.9 Å². The molecule has 0 aliphatic rings. The van der Waals surface area contributed by atoms with E-state index in [2.05, 4.69) is 36.4 Å². The van der Waals surface area contributed by atoms with Gasteiger partial charge in [0.2, 0.25) is 5.95 Å². The lowest BCUT2D eigenvalue weighted by Crippen LogP contribution is -2.24. The molecule has 0 aliphatic carbocycles. The molecule has 1 aromatic heterocycles. The molecule has 0 aromatic carbocycles. The van der Waals surface area contributed by atoms with Crippen molar-refractivity contribution in [1.82, 2.24) is 9.97 Å². The number of likely N-dealkylation sites (N-methyl/N-ethyl adjacent to an activating group) is 1. The first-order valence-corrected chi connectivity index (χ1v) is 8.33. The average molecular weight is 319 g/mol. The lowest BCUT2D eigenvalue weighted by Gasteiger charge is -2.16. The van der Waals surface area contributed by atoms with Crippen LogP contribution in [0, 0.1) is 0 Å². The average Bonchev–Trinajstić information content (AvgIpc) is 2.48. The summed E-state index contributed by atoms with van der Waals surface area (Å²) in [7, 11) is 1.43. The summed E-state index contributed by atoms with van der Waals surface area (Å²) in [5.41, 5.74) is 0.983. The van der Waals surface area contributed by atoms with E-state index < -0.39 is 9.03 Å². The van der Waals surface area contributed by atoms with E-state index in [4.69, 9.17) is 9.42 Å². The van der Waals surface area contributed by atoms with E-state index in [1.807, 2.05) is 18.0 Å². The maximum Gasteiger partial charge on any atom is 0.225 e. The molecule has 0 saturated carbocycles. The number of aryl methyl sites for hydroxylation is 1. The Kier molecular flexibility index (Phi) is 13.3. The van der Waals surface area contributed by atoms with Crippen molar-refractivity contribution < 1.29 is 9.42 Å². The largest absolute Gasteiger partial charge is 0.352 e. The second kappa shape index (κ2) is 13.6. The van der Waals surface area contributed by atoms with Crippen LogP contribution in [0.5, 0.6) is 0 Å². The minimum absolute atomic E-state index is 0.464. The first-order chi connectivity index (χ1) is 9.69. The summed E-state index contributed by atoms with van der Waals surface area (Å²) < 4.78 is 4.88. The Morgan fingerprint density at radius 1 is 1.40 bits per heavy atom. The summed E-state index contributed by atoms with van der Waals surface area (Å²) in [6.07, 6.45) is 5.22. The maximum absolute atomic E-state index is 8.51. The van der Waals surface area contributed by atoms with Gasteiger partial charge in [-0.3, -0.25) is 0 Å². The number of rotatable bonds is 8. The van der Waals surface area contributed by atoms with Crippen LogP contribution in [0.1, 0.15) is 32.4 Å². The summed E-state index contributed by atoms with van der Waals surface area (Å²) in [5.74, 6) is 1.44. The standard InChI is InChI=1S/C9H16N3O2PS.C4H10/c1-12(5-6-14-15-13)9-10-4-2-8(11-9)3-7-16;1-3-4-2/h2,4,13,15-16H,3,5-7H2,1H3;3-4H2,1-2H3. The van der Waals surface area contributed by atoms with E-state index in [-0.39, 0.29) is 0 Å². The van der Waals surface area contributed by atoms with E-state index in [1.165, 1.54) is 12.8 Å². The highest BCUT2D eigenvalue weighted by Gasteiger charge is 2.04. The third-order valence-electron chi connectivity index (χ3n) is 2.50. The Bertz CT molecular complexity index is 343. The molecule has 0 bridgehead atoms. The van der Waals surface area contributed by atoms with Crippen molar-refractivity contribution in [1.29, 1.82) is 0 Å². The zero-order chi connectivity index (χ0) is 15.2. The quantitative estimate of drug-likeness (QED) is 0.438. The molecule has 1 N–H and O–H groups in total. The number of hydrogen-bond donors (Lipinski definition) is 2. The highest BCUT2D eigenvalue weighted by Crippen LogP contribution is 2.08. The van der Waals surface area contributed by atoms with Crippen molar-refractivity contribution in [2.24, 2.45) is 0 Å². The molecule has 0 fully saturated rings. The number of thiol groups is 1. The van der Waals surface area contributed by atoms with Crippen LogP contribution < -0.4 is 4.90 Å². The second-order valence-electron chi connectivity index (χ2n) is 4.18. The normalized spacial score (nSPS) is 10.4. The molecular formula is C13H26N3O2PS. The van der Waals surface area contributed by atoms with Crippen LogP contribution in [0.3, 0.4) is 0 Å². The van der Waals surface area contributed by atoms with E-state index in [9.17, 15) is 0 Å². The van der Waals surface area contributed by atoms with Gasteiger partial charge in [0.25, 0.3) is 0 Å². The van der Waals surface area contributed by atoms with Gasteiger partial charge < -0.3 is 14.3 Å². The van der Waals surface area contributed by atoms with Gasteiger partial charge in [-0.05, 0) is 18.2 Å². The molecule has 0 amide bonds. The van der Waals surface area contributed by atoms with E-state index in [0.717, 1.165) is 17.9 Å². The molecule has 116 valence electrons. The van der Waals surface area contributed by atoms with E-state index in [0.29, 0.717) is 19.1 Å². The Hall–Kier alpha value is -0.420. The SMILES string of the molecule is CCCC.CN(CCOPO)c1nccc(CCS)n1. The molecule has 1 rings (SSSR count). The number of hydrogen-bond acceptors (Lipinski definition) is 6. The lowest BCUT2D eigenvalue weighted by atomic mass is 10.3. The molecule has 1 heterocycles. The van der Waals surface area contributed by atoms with Gasteiger partial charge in [0.05, 0.1) is 6.61 Å². The predicted molar refractivity (Wildman–Crippen MR) is 89.9 cm³/mol. The second-order valence-corrected chi connectivity index (χ2v) is 5.10. The fourth-order valence-corrected chi connectivity index (χ4v) is 1.56. The Morgan fingerprint density at radius 2 is 2.10 bits per heavy atom. The summed E-state index contributed by atoms with van der Waals surface area (Å²) in [6, 6.07) is 1.89. The lowest BCUT2D eigenvalue weighted by molar-refractivity contribution is 0.333. The summed E-state index contributed by atoms with van der Waals surface area (Å²) in [4.78, 5) is 19.0. The Labute approximate surface area is 129 Å². The fraction of sp³-hybridized carbons (Fsp3) is 0.692. The molecular weight excluding hydrogens is 293 g/mol. The van der Waals surface area contributed by atoms with Gasteiger partial charge in [-0.2, -0.15) is 12.6 Å². The third kappa shape index (κ3) is 9.48. The van der Waals surface area contributed by atoms with Gasteiger partial charge in [-0.25, -0.2) is 9.97 Å². The zero-order valence-electron chi connectivity index (χ0n) is 12.5. The molecule has 0 aliphatic heterocycles. The van der Waals surface area contributed by atoms with E-state index >= 15 is 0 Å². The van der Waals surface area contributed by atoms with Crippen LogP contribution in [0.15, 0.2) is 12.3 Å². The van der Waals surface area contributed by atoms with Gasteiger partial charge in [-0.15, -0.1) is 0 Å². The number of nitrogens with zero attached hydrogens (tertiary/aromatic N) is 3. The first kappa shape index (κ1) is 19.6. The summed E-state index contributed by atoms with van der Waals surface area (Å²) in [5, 5.41) is 0. The maximum atomic E-state index is 8.51. The highest BCUT2D eigenvalue weighted by atomic mass is 32.1. The molecule has 0 saturated heterocycles. The van der Waals surface area contributed by atoms with Crippen LogP contribution >= 0.6 is 21.7 Å². The molecule has 5 nitrogen and oxygen atoms in total. The molecule has 1 unspecified atom stereocenters. The van der Waals surface area contributed by atoms with Crippen molar-refractivity contribution in [2.45, 2.75) is 33.1 Å². The number of anilines is 1. The minimum Gasteiger partial charge on any atom is -0.352 e. The number of aromatic nitrogens is 2. The first-order valence-electron chi connectivity index (χ1n) is 6.84. The summed E-state index contributed by atoms with van der Waals surface area (Å²) >= 11 is 4.17. The van der Waals surface area contributed by atoms with E-state index in [1.54, 1.807) is 6.20 Å². The fourth-order valence-electron chi connectivity index (χ4n) is 1.15. The van der Waals surface area contributed by atoms with Crippen molar-refractivity contribution >= 4 is 27.6 Å². The van der Waals surface area contributed by atoms with Crippen molar-refractivity contribution in [3.8, 4) is 0 Å². The molecule has 1 atom stereocenters. The van der Waals surface area contributed by atoms with Crippen LogP contribution in [-0.4, -0.2) is 40.8 Å². The van der Waals surface area contributed by atoms with Crippen molar-refractivity contribution in [3.63, 3.8) is 0 Å². The predicted octanol–water partition coefficient (Wildman–Crippen LogP) is 2.71. The molecule has 20 heavy (non-hydrogen) atoms. The Balaban J connectivity index is 0.000000796. The zero-order valence-corrected chi connectivity index (χ0v) is 14.4. The topological polar surface area (TPSA) is 58.5 Å². The van der Waals surface area contributed by atoms with Crippen LogP contribution in [0.4, 0.5) is 5.95 Å². The Morgan fingerprint density at radius 3 is 2.65 bits per heavy atom. The third-order valence-corrected chi connectivity index (χ3v) is 3.06. The molecule has 7 heteroatoms. The van der Waals surface area contributed by atoms with Gasteiger partial charge >= 0.3 is 0 Å². The smallest absolute Gasteiger partial charge is 0.225 e. The molecule has 1 aromatic rings. The minimum atomic E-state index is -0.465. The van der Waals surface area contributed by atoms with Crippen molar-refractivity contribution in [2.75, 3.05) is 30.9 Å². The molecule has 0 radical (unpaired) electrons. The summed E-state index contributed by atoms with van der Waals surface area (Å²) in [6.45, 7) is 5.48. The van der Waals surface area contributed by atoms with Crippen LogP contribution in [0.2, 0.25) is 0 Å². The van der Waals surface area contributed by atoms with Crippen molar-refractivity contribution in [3.05, 3.63) is 18.0 Å². The van der Waals surface area contributed by atoms with Gasteiger partial charge in [-0.1, -0.05) is 26.7 Å². The molecule has 0 spiro atoms.